The number of benzene rings is 1. The van der Waals surface area contributed by atoms with E-state index in [9.17, 15) is 14.0 Å². The van der Waals surface area contributed by atoms with Crippen LogP contribution in [0.1, 0.15) is 32.9 Å². The number of ether oxygens (including phenoxy) is 1. The smallest absolute Gasteiger partial charge is 0.426 e. The summed E-state index contributed by atoms with van der Waals surface area (Å²) in [7, 11) is 0. The number of hydrazine groups is 1. The molecule has 6 nitrogen and oxygen atoms in total. The SMILES string of the molecule is CCOC(=O)NNC(=O)c1sc(Cc2ccc(F)cc2)nc1C. The number of hydrogen-bond acceptors (Lipinski definition) is 5. The van der Waals surface area contributed by atoms with Crippen LogP contribution in [0, 0.1) is 12.7 Å². The summed E-state index contributed by atoms with van der Waals surface area (Å²) in [5, 5.41) is 0.732. The zero-order valence-corrected chi connectivity index (χ0v) is 13.5. The predicted molar refractivity (Wildman–Crippen MR) is 83.7 cm³/mol. The molecule has 0 fully saturated rings. The first-order valence-electron chi connectivity index (χ1n) is 6.93. The van der Waals surface area contributed by atoms with E-state index in [0.717, 1.165) is 10.6 Å². The third-order valence-electron chi connectivity index (χ3n) is 2.87. The standard InChI is InChI=1S/C15H16FN3O3S/c1-3-22-15(21)19-18-14(20)13-9(2)17-12(23-13)8-10-4-6-11(16)7-5-10/h4-7H,3,8H2,1-2H3,(H,18,20)(H,19,21). The maximum absolute atomic E-state index is 12.9. The minimum Gasteiger partial charge on any atom is -0.449 e. The molecule has 0 saturated carbocycles. The molecule has 0 bridgehead atoms. The van der Waals surface area contributed by atoms with Gasteiger partial charge in [-0.1, -0.05) is 12.1 Å². The number of hydrogen-bond donors (Lipinski definition) is 2. The van der Waals surface area contributed by atoms with E-state index in [2.05, 4.69) is 20.6 Å². The van der Waals surface area contributed by atoms with Crippen LogP contribution in [0.4, 0.5) is 9.18 Å². The molecule has 0 aliphatic carbocycles. The lowest BCUT2D eigenvalue weighted by molar-refractivity contribution is 0.0916. The van der Waals surface area contributed by atoms with Crippen molar-refractivity contribution in [2.45, 2.75) is 20.3 Å². The van der Waals surface area contributed by atoms with Gasteiger partial charge in [-0.3, -0.25) is 10.2 Å². The van der Waals surface area contributed by atoms with Crippen LogP contribution < -0.4 is 10.9 Å². The molecular weight excluding hydrogens is 321 g/mol. The lowest BCUT2D eigenvalue weighted by Crippen LogP contribution is -2.41. The molecule has 0 unspecified atom stereocenters. The van der Waals surface area contributed by atoms with Crippen LogP contribution >= 0.6 is 11.3 Å². The number of aromatic nitrogens is 1. The topological polar surface area (TPSA) is 80.3 Å². The third kappa shape index (κ3) is 4.75. The molecule has 2 rings (SSSR count). The average Bonchev–Trinajstić information content (AvgIpc) is 2.88. The van der Waals surface area contributed by atoms with Crippen molar-refractivity contribution in [3.63, 3.8) is 0 Å². The second-order valence-electron chi connectivity index (χ2n) is 4.62. The van der Waals surface area contributed by atoms with Gasteiger partial charge in [0.25, 0.3) is 5.91 Å². The van der Waals surface area contributed by atoms with Gasteiger partial charge >= 0.3 is 6.09 Å². The quantitative estimate of drug-likeness (QED) is 0.840. The van der Waals surface area contributed by atoms with E-state index in [0.29, 0.717) is 17.0 Å². The molecule has 0 atom stereocenters. The molecule has 2 aromatic rings. The van der Waals surface area contributed by atoms with Gasteiger partial charge in [0, 0.05) is 6.42 Å². The molecule has 8 heteroatoms. The Morgan fingerprint density at radius 1 is 1.26 bits per heavy atom. The van der Waals surface area contributed by atoms with Crippen molar-refractivity contribution >= 4 is 23.3 Å². The highest BCUT2D eigenvalue weighted by molar-refractivity contribution is 7.13. The molecule has 122 valence electrons. The van der Waals surface area contributed by atoms with Gasteiger partial charge in [0.15, 0.2) is 0 Å². The van der Waals surface area contributed by atoms with Crippen LogP contribution in [0.15, 0.2) is 24.3 Å². The summed E-state index contributed by atoms with van der Waals surface area (Å²) in [6.07, 6.45) is -0.223. The van der Waals surface area contributed by atoms with Gasteiger partial charge in [0.2, 0.25) is 0 Å². The molecule has 1 aromatic heterocycles. The summed E-state index contributed by atoms with van der Waals surface area (Å²) in [5.74, 6) is -0.757. The van der Waals surface area contributed by atoms with Crippen LogP contribution in [0.25, 0.3) is 0 Å². The molecule has 0 saturated heterocycles. The number of carbonyl (C=O) groups is 2. The summed E-state index contributed by atoms with van der Waals surface area (Å²) in [6, 6.07) is 6.11. The first-order valence-corrected chi connectivity index (χ1v) is 7.75. The van der Waals surface area contributed by atoms with Crippen molar-refractivity contribution in [1.29, 1.82) is 0 Å². The van der Waals surface area contributed by atoms with Gasteiger partial charge in [-0.05, 0) is 31.5 Å². The van der Waals surface area contributed by atoms with E-state index in [-0.39, 0.29) is 12.4 Å². The maximum Gasteiger partial charge on any atom is 0.426 e. The second-order valence-corrected chi connectivity index (χ2v) is 5.71. The van der Waals surface area contributed by atoms with Gasteiger partial charge < -0.3 is 4.74 Å². The summed E-state index contributed by atoms with van der Waals surface area (Å²) < 4.78 is 17.5. The van der Waals surface area contributed by atoms with Crippen molar-refractivity contribution < 1.29 is 18.7 Å². The molecule has 0 radical (unpaired) electrons. The van der Waals surface area contributed by atoms with Crippen molar-refractivity contribution in [1.82, 2.24) is 15.8 Å². The molecule has 1 heterocycles. The molecule has 2 amide bonds. The lowest BCUT2D eigenvalue weighted by atomic mass is 10.1. The number of carbonyl (C=O) groups excluding carboxylic acids is 2. The number of nitrogens with one attached hydrogen (secondary N) is 2. The van der Waals surface area contributed by atoms with E-state index in [1.165, 1.54) is 23.5 Å². The average molecular weight is 337 g/mol. The predicted octanol–water partition coefficient (Wildman–Crippen LogP) is 2.57. The van der Waals surface area contributed by atoms with Gasteiger partial charge in [-0.2, -0.15) is 0 Å². The van der Waals surface area contributed by atoms with Gasteiger partial charge in [0.05, 0.1) is 17.3 Å². The fourth-order valence-electron chi connectivity index (χ4n) is 1.85. The molecule has 2 N–H and O–H groups in total. The van der Waals surface area contributed by atoms with Crippen LogP contribution in [0.5, 0.6) is 0 Å². The molecule has 0 spiro atoms. The van der Waals surface area contributed by atoms with E-state index < -0.39 is 12.0 Å². The highest BCUT2D eigenvalue weighted by Gasteiger charge is 2.16. The number of thiazole rings is 1. The molecule has 1 aromatic carbocycles. The normalized spacial score (nSPS) is 10.2. The zero-order valence-electron chi connectivity index (χ0n) is 12.7. The lowest BCUT2D eigenvalue weighted by Gasteiger charge is -2.05. The first-order chi connectivity index (χ1) is 11.0. The fraction of sp³-hybridized carbons (Fsp3) is 0.267. The van der Waals surface area contributed by atoms with Crippen LogP contribution in [-0.2, 0) is 11.2 Å². The maximum atomic E-state index is 12.9. The van der Waals surface area contributed by atoms with E-state index >= 15 is 0 Å². The largest absolute Gasteiger partial charge is 0.449 e. The van der Waals surface area contributed by atoms with Crippen LogP contribution in [0.2, 0.25) is 0 Å². The summed E-state index contributed by atoms with van der Waals surface area (Å²) in [6.45, 7) is 3.59. The Labute approximate surface area is 136 Å². The highest BCUT2D eigenvalue weighted by atomic mass is 32.1. The number of nitrogens with zero attached hydrogens (tertiary/aromatic N) is 1. The van der Waals surface area contributed by atoms with Gasteiger partial charge in [0.1, 0.15) is 10.7 Å². The van der Waals surface area contributed by atoms with Gasteiger partial charge in [-0.25, -0.2) is 19.6 Å². The monoisotopic (exact) mass is 337 g/mol. The minimum atomic E-state index is -0.727. The Balaban J connectivity index is 2.01. The Bertz CT molecular complexity index is 700. The molecular formula is C15H16FN3O3S. The Hall–Kier alpha value is -2.48. The molecule has 0 aliphatic rings. The Morgan fingerprint density at radius 3 is 2.61 bits per heavy atom. The Morgan fingerprint density at radius 2 is 1.96 bits per heavy atom. The van der Waals surface area contributed by atoms with Crippen molar-refractivity contribution in [2.75, 3.05) is 6.61 Å². The number of rotatable bonds is 4. The van der Waals surface area contributed by atoms with Crippen molar-refractivity contribution in [2.24, 2.45) is 0 Å². The minimum absolute atomic E-state index is 0.211. The second kappa shape index (κ2) is 7.68. The van der Waals surface area contributed by atoms with Crippen LogP contribution in [0.3, 0.4) is 0 Å². The van der Waals surface area contributed by atoms with E-state index in [1.54, 1.807) is 26.0 Å². The number of aryl methyl sites for hydroxylation is 1. The summed E-state index contributed by atoms with van der Waals surface area (Å²) in [4.78, 5) is 27.9. The van der Waals surface area contributed by atoms with Crippen LogP contribution in [-0.4, -0.2) is 23.6 Å². The molecule has 23 heavy (non-hydrogen) atoms. The van der Waals surface area contributed by atoms with Crippen molar-refractivity contribution in [3.05, 3.63) is 51.2 Å². The summed E-state index contributed by atoms with van der Waals surface area (Å²) in [5.41, 5.74) is 5.88. The number of halogens is 1. The number of amides is 2. The van der Waals surface area contributed by atoms with E-state index in [1.807, 2.05) is 0 Å². The van der Waals surface area contributed by atoms with Crippen molar-refractivity contribution in [3.8, 4) is 0 Å². The van der Waals surface area contributed by atoms with E-state index in [4.69, 9.17) is 0 Å². The zero-order chi connectivity index (χ0) is 16.8. The fourth-order valence-corrected chi connectivity index (χ4v) is 2.84. The third-order valence-corrected chi connectivity index (χ3v) is 4.03. The Kier molecular flexibility index (Phi) is 5.64. The summed E-state index contributed by atoms with van der Waals surface area (Å²) >= 11 is 1.22. The molecule has 0 aliphatic heterocycles. The highest BCUT2D eigenvalue weighted by Crippen LogP contribution is 2.20. The first kappa shape index (κ1) is 16.9. The van der Waals surface area contributed by atoms with Gasteiger partial charge in [-0.15, -0.1) is 11.3 Å².